The van der Waals surface area contributed by atoms with Gasteiger partial charge in [-0.25, -0.2) is 0 Å². The summed E-state index contributed by atoms with van der Waals surface area (Å²) < 4.78 is 0. The first-order valence-electron chi connectivity index (χ1n) is 5.96. The number of hydrogen-bond donors (Lipinski definition) is 2. The van der Waals surface area contributed by atoms with Crippen molar-refractivity contribution in [1.82, 2.24) is 4.90 Å². The van der Waals surface area contributed by atoms with Gasteiger partial charge in [0, 0.05) is 18.7 Å². The highest BCUT2D eigenvalue weighted by atomic mass is 32.1. The van der Waals surface area contributed by atoms with Crippen molar-refractivity contribution >= 4 is 17.2 Å². The zero-order valence-electron chi connectivity index (χ0n) is 10.1. The third-order valence-corrected chi connectivity index (χ3v) is 3.77. The zero-order chi connectivity index (χ0) is 13.0. The number of aliphatic hydroxyl groups is 1. The third-order valence-electron chi connectivity index (χ3n) is 2.87. The summed E-state index contributed by atoms with van der Waals surface area (Å²) in [6, 6.07) is 1.83. The third kappa shape index (κ3) is 2.91. The molecule has 0 radical (unpaired) electrons. The van der Waals surface area contributed by atoms with Crippen LogP contribution in [-0.4, -0.2) is 41.7 Å². The second-order valence-electron chi connectivity index (χ2n) is 4.22. The summed E-state index contributed by atoms with van der Waals surface area (Å²) in [5.74, 6) is 5.63. The van der Waals surface area contributed by atoms with Crippen LogP contribution in [-0.2, 0) is 0 Å². The molecule has 18 heavy (non-hydrogen) atoms. The number of thiophene rings is 1. The van der Waals surface area contributed by atoms with Crippen LogP contribution in [0.1, 0.15) is 28.1 Å². The second kappa shape index (κ2) is 6.01. The van der Waals surface area contributed by atoms with Crippen molar-refractivity contribution < 1.29 is 9.90 Å². The number of amides is 1. The summed E-state index contributed by atoms with van der Waals surface area (Å²) in [5.41, 5.74) is 6.07. The van der Waals surface area contributed by atoms with Gasteiger partial charge in [0.15, 0.2) is 0 Å². The Balaban J connectivity index is 2.15. The highest BCUT2D eigenvalue weighted by Gasteiger charge is 2.25. The van der Waals surface area contributed by atoms with E-state index in [9.17, 15) is 9.90 Å². The molecule has 1 amide bonds. The van der Waals surface area contributed by atoms with Crippen LogP contribution < -0.4 is 5.73 Å². The molecule has 0 saturated carbocycles. The van der Waals surface area contributed by atoms with Crippen LogP contribution in [0.3, 0.4) is 0 Å². The van der Waals surface area contributed by atoms with E-state index in [0.29, 0.717) is 18.0 Å². The fraction of sp³-hybridized carbons (Fsp3) is 0.462. The Bertz CT molecular complexity index is 487. The first kappa shape index (κ1) is 13.1. The van der Waals surface area contributed by atoms with Crippen molar-refractivity contribution in [3.63, 3.8) is 0 Å². The maximum Gasteiger partial charge on any atom is 0.265 e. The number of nitrogens with two attached hydrogens (primary N) is 1. The molecule has 0 bridgehead atoms. The van der Waals surface area contributed by atoms with Crippen LogP contribution in [0.4, 0.5) is 0 Å². The molecule has 1 aliphatic heterocycles. The number of hydrogen-bond acceptors (Lipinski definition) is 4. The topological polar surface area (TPSA) is 66.6 Å². The van der Waals surface area contributed by atoms with Gasteiger partial charge >= 0.3 is 0 Å². The van der Waals surface area contributed by atoms with Crippen LogP contribution in [0.5, 0.6) is 0 Å². The molecule has 5 heteroatoms. The molecule has 2 heterocycles. The number of likely N-dealkylation sites (tertiary alicyclic amines) is 1. The molecular formula is C13H16N2O2S. The van der Waals surface area contributed by atoms with E-state index in [1.165, 1.54) is 11.3 Å². The number of aliphatic hydroxyl groups excluding tert-OH is 1. The minimum absolute atomic E-state index is 0.0370. The van der Waals surface area contributed by atoms with Crippen LogP contribution in [0, 0.1) is 11.8 Å². The van der Waals surface area contributed by atoms with Crippen molar-refractivity contribution in [3.8, 4) is 11.8 Å². The van der Waals surface area contributed by atoms with E-state index < -0.39 is 6.10 Å². The Kier molecular flexibility index (Phi) is 4.37. The fourth-order valence-electron chi connectivity index (χ4n) is 2.00. The lowest BCUT2D eigenvalue weighted by Gasteiger charge is -2.29. The molecule has 3 N–H and O–H groups in total. The number of piperidine rings is 1. The Morgan fingerprint density at radius 3 is 3.22 bits per heavy atom. The standard InChI is InChI=1S/C13H16N2O2S/c14-6-1-3-10-5-8-18-12(10)13(17)15-7-2-4-11(16)9-15/h5,8,11,16H,2,4,6-7,9,14H2. The molecule has 4 nitrogen and oxygen atoms in total. The summed E-state index contributed by atoms with van der Waals surface area (Å²) >= 11 is 1.39. The van der Waals surface area contributed by atoms with E-state index in [1.54, 1.807) is 4.90 Å². The average Bonchev–Trinajstić information content (AvgIpc) is 2.83. The van der Waals surface area contributed by atoms with E-state index in [1.807, 2.05) is 11.4 Å². The van der Waals surface area contributed by atoms with Crippen molar-refractivity contribution in [2.45, 2.75) is 18.9 Å². The Morgan fingerprint density at radius 2 is 2.50 bits per heavy atom. The Labute approximate surface area is 110 Å². The molecule has 1 aliphatic rings. The van der Waals surface area contributed by atoms with Crippen LogP contribution in [0.2, 0.25) is 0 Å². The summed E-state index contributed by atoms with van der Waals surface area (Å²) in [6.45, 7) is 1.41. The molecule has 2 rings (SSSR count). The lowest BCUT2D eigenvalue weighted by atomic mass is 10.1. The molecule has 96 valence electrons. The largest absolute Gasteiger partial charge is 0.391 e. The summed E-state index contributed by atoms with van der Waals surface area (Å²) in [7, 11) is 0. The smallest absolute Gasteiger partial charge is 0.265 e. The van der Waals surface area contributed by atoms with E-state index in [2.05, 4.69) is 11.8 Å². The SMILES string of the molecule is NCC#Cc1ccsc1C(=O)N1CCCC(O)C1. The molecule has 1 fully saturated rings. The van der Waals surface area contributed by atoms with E-state index >= 15 is 0 Å². The van der Waals surface area contributed by atoms with Crippen molar-refractivity contribution in [2.75, 3.05) is 19.6 Å². The van der Waals surface area contributed by atoms with Gasteiger partial charge in [-0.05, 0) is 24.3 Å². The monoisotopic (exact) mass is 264 g/mol. The van der Waals surface area contributed by atoms with E-state index in [0.717, 1.165) is 18.4 Å². The van der Waals surface area contributed by atoms with Crippen LogP contribution in [0.25, 0.3) is 0 Å². The highest BCUT2D eigenvalue weighted by Crippen LogP contribution is 2.20. The molecule has 1 atom stereocenters. The van der Waals surface area contributed by atoms with Gasteiger partial charge in [-0.15, -0.1) is 11.3 Å². The molecule has 0 aromatic carbocycles. The first-order valence-corrected chi connectivity index (χ1v) is 6.84. The molecule has 1 aromatic heterocycles. The minimum Gasteiger partial charge on any atom is -0.391 e. The quantitative estimate of drug-likeness (QED) is 0.732. The molecular weight excluding hydrogens is 248 g/mol. The molecule has 1 unspecified atom stereocenters. The average molecular weight is 264 g/mol. The molecule has 0 spiro atoms. The normalized spacial score (nSPS) is 19.2. The van der Waals surface area contributed by atoms with Crippen LogP contribution >= 0.6 is 11.3 Å². The summed E-state index contributed by atoms with van der Waals surface area (Å²) in [5, 5.41) is 11.5. The number of β-amino-alcohol motifs (C(OH)–C–C–N with tert-alkyl or cyclic N) is 1. The van der Waals surface area contributed by atoms with Gasteiger partial charge in [0.2, 0.25) is 0 Å². The Hall–Kier alpha value is -1.35. The van der Waals surface area contributed by atoms with Crippen molar-refractivity contribution in [2.24, 2.45) is 5.73 Å². The molecule has 1 aromatic rings. The van der Waals surface area contributed by atoms with Crippen LogP contribution in [0.15, 0.2) is 11.4 Å². The van der Waals surface area contributed by atoms with E-state index in [4.69, 9.17) is 5.73 Å². The lowest BCUT2D eigenvalue weighted by Crippen LogP contribution is -2.42. The predicted octanol–water partition coefficient (Wildman–Crippen LogP) is 0.655. The number of carbonyl (C=O) groups is 1. The lowest BCUT2D eigenvalue weighted by molar-refractivity contribution is 0.0477. The van der Waals surface area contributed by atoms with Gasteiger partial charge in [0.05, 0.1) is 12.6 Å². The van der Waals surface area contributed by atoms with Gasteiger partial charge in [-0.2, -0.15) is 0 Å². The van der Waals surface area contributed by atoms with Crippen molar-refractivity contribution in [1.29, 1.82) is 0 Å². The number of nitrogens with zero attached hydrogens (tertiary/aromatic N) is 1. The van der Waals surface area contributed by atoms with Gasteiger partial charge in [0.1, 0.15) is 4.88 Å². The predicted molar refractivity (Wildman–Crippen MR) is 71.4 cm³/mol. The van der Waals surface area contributed by atoms with E-state index in [-0.39, 0.29) is 12.5 Å². The summed E-state index contributed by atoms with van der Waals surface area (Å²) in [6.07, 6.45) is 1.22. The highest BCUT2D eigenvalue weighted by molar-refractivity contribution is 7.12. The number of carbonyl (C=O) groups excluding carboxylic acids is 1. The molecule has 0 aliphatic carbocycles. The number of rotatable bonds is 1. The minimum atomic E-state index is -0.402. The van der Waals surface area contributed by atoms with Gasteiger partial charge in [-0.3, -0.25) is 4.79 Å². The maximum atomic E-state index is 12.3. The molecule has 1 saturated heterocycles. The van der Waals surface area contributed by atoms with Gasteiger partial charge < -0.3 is 15.7 Å². The first-order chi connectivity index (χ1) is 8.72. The second-order valence-corrected chi connectivity index (χ2v) is 5.13. The summed E-state index contributed by atoms with van der Waals surface area (Å²) in [4.78, 5) is 14.7. The van der Waals surface area contributed by atoms with Crippen molar-refractivity contribution in [3.05, 3.63) is 21.9 Å². The maximum absolute atomic E-state index is 12.3. The Morgan fingerprint density at radius 1 is 1.67 bits per heavy atom. The zero-order valence-corrected chi connectivity index (χ0v) is 10.9. The van der Waals surface area contributed by atoms with Gasteiger partial charge in [-0.1, -0.05) is 11.8 Å². The van der Waals surface area contributed by atoms with Gasteiger partial charge in [0.25, 0.3) is 5.91 Å². The fourth-order valence-corrected chi connectivity index (χ4v) is 2.82.